The fourth-order valence-corrected chi connectivity index (χ4v) is 3.64. The molecule has 0 radical (unpaired) electrons. The number of pyridine rings is 1. The van der Waals surface area contributed by atoms with Crippen LogP contribution in [0.4, 0.5) is 5.69 Å². The van der Waals surface area contributed by atoms with Crippen LogP contribution in [-0.2, 0) is 16.1 Å². The minimum Gasteiger partial charge on any atom is -0.383 e. The molecule has 0 spiro atoms. The number of nitrogens with zero attached hydrogens (tertiary/aromatic N) is 3. The molecule has 2 heterocycles. The normalized spacial score (nSPS) is 12.1. The average molecular weight is 419 g/mol. The van der Waals surface area contributed by atoms with Crippen LogP contribution in [0.15, 0.2) is 52.5 Å². The highest BCUT2D eigenvalue weighted by Gasteiger charge is 2.20. The molecule has 0 saturated carbocycles. The number of hydrogen-bond acceptors (Lipinski definition) is 6. The summed E-state index contributed by atoms with van der Waals surface area (Å²) in [5.74, 6) is -0.263. The predicted octanol–water partition coefficient (Wildman–Crippen LogP) is 3.21. The smallest absolute Gasteiger partial charge is 0.262 e. The number of fused-ring (bicyclic) bond motifs is 1. The Morgan fingerprint density at radius 3 is 2.86 bits per heavy atom. The lowest BCUT2D eigenvalue weighted by Crippen LogP contribution is -2.28. The molecule has 0 aliphatic rings. The van der Waals surface area contributed by atoms with Gasteiger partial charge in [-0.2, -0.15) is 0 Å². The highest BCUT2D eigenvalue weighted by Crippen LogP contribution is 2.25. The molecule has 9 heteroatoms. The van der Waals surface area contributed by atoms with Crippen molar-refractivity contribution in [1.29, 1.82) is 0 Å². The quantitative estimate of drug-likeness (QED) is 0.360. The standard InChI is InChI=1S/C19H19ClN4O3S/c1-12(17(25)22-15-8-5-9-21-16(15)20)28-19-23-14-7-4-3-6-13(14)18(26)24(19)10-11-27-2/h3-9,12H,10-11H2,1-2H3,(H,22,25)/t12-/m0/s1. The van der Waals surface area contributed by atoms with Crippen LogP contribution in [0.5, 0.6) is 0 Å². The lowest BCUT2D eigenvalue weighted by atomic mass is 10.2. The van der Waals surface area contributed by atoms with E-state index < -0.39 is 5.25 Å². The van der Waals surface area contributed by atoms with Gasteiger partial charge in [-0.3, -0.25) is 14.2 Å². The van der Waals surface area contributed by atoms with Gasteiger partial charge in [0.05, 0.1) is 35.0 Å². The van der Waals surface area contributed by atoms with E-state index in [0.717, 1.165) is 0 Å². The molecule has 0 aliphatic heterocycles. The second kappa shape index (κ2) is 9.18. The average Bonchev–Trinajstić information content (AvgIpc) is 2.69. The molecular weight excluding hydrogens is 400 g/mol. The van der Waals surface area contributed by atoms with Gasteiger partial charge in [0.15, 0.2) is 10.3 Å². The Bertz CT molecular complexity index is 1060. The van der Waals surface area contributed by atoms with Gasteiger partial charge in [-0.15, -0.1) is 0 Å². The van der Waals surface area contributed by atoms with Gasteiger partial charge in [-0.1, -0.05) is 35.5 Å². The zero-order chi connectivity index (χ0) is 20.1. The monoisotopic (exact) mass is 418 g/mol. The van der Waals surface area contributed by atoms with E-state index >= 15 is 0 Å². The summed E-state index contributed by atoms with van der Waals surface area (Å²) in [5.41, 5.74) is 0.865. The van der Waals surface area contributed by atoms with Gasteiger partial charge in [0.25, 0.3) is 5.56 Å². The van der Waals surface area contributed by atoms with Crippen LogP contribution in [0, 0.1) is 0 Å². The van der Waals surface area contributed by atoms with Gasteiger partial charge in [0.1, 0.15) is 0 Å². The Labute approximate surface area is 171 Å². The lowest BCUT2D eigenvalue weighted by Gasteiger charge is -2.16. The Kier molecular flexibility index (Phi) is 6.66. The van der Waals surface area contributed by atoms with E-state index in [-0.39, 0.29) is 16.6 Å². The number of para-hydroxylation sites is 1. The summed E-state index contributed by atoms with van der Waals surface area (Å²) in [7, 11) is 1.57. The van der Waals surface area contributed by atoms with Crippen LogP contribution in [0.2, 0.25) is 5.15 Å². The molecular formula is C19H19ClN4O3S. The molecule has 1 aromatic carbocycles. The number of amides is 1. The van der Waals surface area contributed by atoms with E-state index in [4.69, 9.17) is 16.3 Å². The maximum Gasteiger partial charge on any atom is 0.262 e. The lowest BCUT2D eigenvalue weighted by molar-refractivity contribution is -0.115. The number of halogens is 1. The molecule has 1 N–H and O–H groups in total. The number of thioether (sulfide) groups is 1. The third kappa shape index (κ3) is 4.52. The van der Waals surface area contributed by atoms with Gasteiger partial charge in [0.2, 0.25) is 5.91 Å². The maximum atomic E-state index is 12.9. The van der Waals surface area contributed by atoms with E-state index in [1.807, 2.05) is 6.07 Å². The van der Waals surface area contributed by atoms with Gasteiger partial charge >= 0.3 is 0 Å². The van der Waals surface area contributed by atoms with E-state index in [9.17, 15) is 9.59 Å². The molecule has 1 atom stereocenters. The Hall–Kier alpha value is -2.42. The predicted molar refractivity (Wildman–Crippen MR) is 111 cm³/mol. The maximum absolute atomic E-state index is 12.9. The molecule has 0 unspecified atom stereocenters. The number of methoxy groups -OCH3 is 1. The highest BCUT2D eigenvalue weighted by atomic mass is 35.5. The highest BCUT2D eigenvalue weighted by molar-refractivity contribution is 8.00. The first kappa shape index (κ1) is 20.3. The van der Waals surface area contributed by atoms with Crippen LogP contribution < -0.4 is 10.9 Å². The van der Waals surface area contributed by atoms with Gasteiger partial charge in [-0.25, -0.2) is 9.97 Å². The fourth-order valence-electron chi connectivity index (χ4n) is 2.54. The summed E-state index contributed by atoms with van der Waals surface area (Å²) in [4.78, 5) is 34.0. The third-order valence-electron chi connectivity index (χ3n) is 4.01. The number of carbonyl (C=O) groups is 1. The molecule has 1 amide bonds. The number of aromatic nitrogens is 3. The van der Waals surface area contributed by atoms with Crippen LogP contribution in [-0.4, -0.2) is 39.4 Å². The van der Waals surface area contributed by atoms with Crippen molar-refractivity contribution in [2.24, 2.45) is 0 Å². The molecule has 28 heavy (non-hydrogen) atoms. The van der Waals surface area contributed by atoms with Crippen molar-refractivity contribution >= 4 is 45.9 Å². The van der Waals surface area contributed by atoms with Crippen LogP contribution in [0.1, 0.15) is 6.92 Å². The largest absolute Gasteiger partial charge is 0.383 e. The summed E-state index contributed by atoms with van der Waals surface area (Å²) < 4.78 is 6.65. The van der Waals surface area contributed by atoms with Crippen LogP contribution >= 0.6 is 23.4 Å². The second-order valence-electron chi connectivity index (χ2n) is 5.95. The molecule has 0 aliphatic carbocycles. The van der Waals surface area contributed by atoms with Gasteiger partial charge in [-0.05, 0) is 31.2 Å². The van der Waals surface area contributed by atoms with Gasteiger partial charge in [0, 0.05) is 13.3 Å². The zero-order valence-corrected chi connectivity index (χ0v) is 17.0. The summed E-state index contributed by atoms with van der Waals surface area (Å²) in [5, 5.41) is 3.44. The molecule has 0 fully saturated rings. The Morgan fingerprint density at radius 1 is 1.32 bits per heavy atom. The van der Waals surface area contributed by atoms with Crippen molar-refractivity contribution in [2.45, 2.75) is 23.9 Å². The molecule has 146 valence electrons. The third-order valence-corrected chi connectivity index (χ3v) is 5.41. The van der Waals surface area contributed by atoms with E-state index in [1.54, 1.807) is 50.6 Å². The van der Waals surface area contributed by atoms with Crippen molar-refractivity contribution in [2.75, 3.05) is 19.0 Å². The molecule has 7 nitrogen and oxygen atoms in total. The fraction of sp³-hybridized carbons (Fsp3) is 0.263. The van der Waals surface area contributed by atoms with Gasteiger partial charge < -0.3 is 10.1 Å². The number of anilines is 1. The molecule has 3 aromatic rings. The summed E-state index contributed by atoms with van der Waals surface area (Å²) in [6, 6.07) is 10.5. The SMILES string of the molecule is COCCn1c(S[C@@H](C)C(=O)Nc2cccnc2Cl)nc2ccccc2c1=O. The van der Waals surface area contributed by atoms with Crippen molar-refractivity contribution in [1.82, 2.24) is 14.5 Å². The molecule has 0 saturated heterocycles. The molecule has 2 aromatic heterocycles. The van der Waals surface area contributed by atoms with Crippen LogP contribution in [0.3, 0.4) is 0 Å². The summed E-state index contributed by atoms with van der Waals surface area (Å²) in [6.45, 7) is 2.45. The minimum atomic E-state index is -0.516. The number of benzene rings is 1. The molecule has 3 rings (SSSR count). The number of carbonyl (C=O) groups excluding carboxylic acids is 1. The van der Waals surface area contributed by atoms with Crippen molar-refractivity contribution in [3.8, 4) is 0 Å². The van der Waals surface area contributed by atoms with E-state index in [2.05, 4.69) is 15.3 Å². The second-order valence-corrected chi connectivity index (χ2v) is 7.62. The number of rotatable bonds is 7. The molecule has 0 bridgehead atoms. The topological polar surface area (TPSA) is 86.1 Å². The zero-order valence-electron chi connectivity index (χ0n) is 15.4. The minimum absolute atomic E-state index is 0.159. The number of ether oxygens (including phenoxy) is 1. The number of nitrogens with one attached hydrogen (secondary N) is 1. The first-order valence-electron chi connectivity index (χ1n) is 8.58. The van der Waals surface area contributed by atoms with E-state index in [0.29, 0.717) is 34.9 Å². The van der Waals surface area contributed by atoms with Crippen molar-refractivity contribution < 1.29 is 9.53 Å². The summed E-state index contributed by atoms with van der Waals surface area (Å²) in [6.07, 6.45) is 1.55. The van der Waals surface area contributed by atoms with E-state index in [1.165, 1.54) is 16.3 Å². The van der Waals surface area contributed by atoms with Crippen molar-refractivity contribution in [3.63, 3.8) is 0 Å². The Balaban J connectivity index is 1.88. The first-order valence-corrected chi connectivity index (χ1v) is 9.83. The van der Waals surface area contributed by atoms with Crippen molar-refractivity contribution in [3.05, 3.63) is 58.1 Å². The Morgan fingerprint density at radius 2 is 2.11 bits per heavy atom. The first-order chi connectivity index (χ1) is 13.5. The number of hydrogen-bond donors (Lipinski definition) is 1. The summed E-state index contributed by atoms with van der Waals surface area (Å²) >= 11 is 7.20. The van der Waals surface area contributed by atoms with Crippen LogP contribution in [0.25, 0.3) is 10.9 Å².